The highest BCUT2D eigenvalue weighted by atomic mass is 32.2. The average molecular weight is 255 g/mol. The van der Waals surface area contributed by atoms with Crippen molar-refractivity contribution in [3.63, 3.8) is 0 Å². The summed E-state index contributed by atoms with van der Waals surface area (Å²) in [6.45, 7) is 0. The van der Waals surface area contributed by atoms with Crippen molar-refractivity contribution in [2.45, 2.75) is 10.1 Å². The highest BCUT2D eigenvalue weighted by Gasteiger charge is 2.12. The number of nitrogens with zero attached hydrogens (tertiary/aromatic N) is 1. The molecule has 2 rings (SSSR count). The fourth-order valence-electron chi connectivity index (χ4n) is 1.58. The molecule has 0 saturated carbocycles. The quantitative estimate of drug-likeness (QED) is 0.773. The van der Waals surface area contributed by atoms with E-state index >= 15 is 0 Å². The molecule has 3 heteroatoms. The Hall–Kier alpha value is -1.92. The van der Waals surface area contributed by atoms with E-state index < -0.39 is 0 Å². The summed E-state index contributed by atoms with van der Waals surface area (Å²) in [7, 11) is 1.63. The SMILES string of the molecule is COc1ccc(C(C#N)Sc2ccccc2)cc1. The third-order valence-electron chi connectivity index (χ3n) is 2.53. The molecule has 0 spiro atoms. The summed E-state index contributed by atoms with van der Waals surface area (Å²) in [5, 5.41) is 9.07. The molecule has 0 radical (unpaired) electrons. The summed E-state index contributed by atoms with van der Waals surface area (Å²) in [6.07, 6.45) is 0. The summed E-state index contributed by atoms with van der Waals surface area (Å²) in [6, 6.07) is 19.9. The van der Waals surface area contributed by atoms with Crippen LogP contribution >= 0.6 is 11.8 Å². The van der Waals surface area contributed by atoms with Gasteiger partial charge in [0.1, 0.15) is 11.0 Å². The lowest BCUT2D eigenvalue weighted by molar-refractivity contribution is 0.414. The smallest absolute Gasteiger partial charge is 0.121 e. The van der Waals surface area contributed by atoms with Gasteiger partial charge in [-0.3, -0.25) is 0 Å². The lowest BCUT2D eigenvalue weighted by atomic mass is 10.1. The van der Waals surface area contributed by atoms with E-state index in [-0.39, 0.29) is 5.25 Å². The monoisotopic (exact) mass is 255 g/mol. The zero-order valence-electron chi connectivity index (χ0n) is 10.0. The number of rotatable bonds is 4. The molecule has 0 aliphatic rings. The van der Waals surface area contributed by atoms with Gasteiger partial charge in [-0.15, -0.1) is 11.8 Å². The zero-order valence-corrected chi connectivity index (χ0v) is 10.9. The lowest BCUT2D eigenvalue weighted by Crippen LogP contribution is -1.91. The zero-order chi connectivity index (χ0) is 12.8. The van der Waals surface area contributed by atoms with Crippen molar-refractivity contribution in [1.29, 1.82) is 5.26 Å². The Balaban J connectivity index is 2.16. The normalized spacial score (nSPS) is 11.6. The van der Waals surface area contributed by atoms with E-state index in [0.29, 0.717) is 0 Å². The Kier molecular flexibility index (Phi) is 4.27. The molecular weight excluding hydrogens is 242 g/mol. The molecule has 0 amide bonds. The molecule has 0 aromatic heterocycles. The van der Waals surface area contributed by atoms with Crippen molar-refractivity contribution in [3.05, 3.63) is 60.2 Å². The number of hydrogen-bond acceptors (Lipinski definition) is 3. The number of ether oxygens (including phenoxy) is 1. The van der Waals surface area contributed by atoms with Crippen LogP contribution in [0.25, 0.3) is 0 Å². The minimum absolute atomic E-state index is 0.196. The van der Waals surface area contributed by atoms with Gasteiger partial charge in [-0.05, 0) is 29.8 Å². The van der Waals surface area contributed by atoms with E-state index in [0.717, 1.165) is 16.2 Å². The van der Waals surface area contributed by atoms with Gasteiger partial charge in [-0.2, -0.15) is 5.26 Å². The molecule has 0 aliphatic carbocycles. The number of hydrogen-bond donors (Lipinski definition) is 0. The topological polar surface area (TPSA) is 33.0 Å². The molecule has 1 atom stereocenters. The Bertz CT molecular complexity index is 531. The van der Waals surface area contributed by atoms with E-state index in [4.69, 9.17) is 4.74 Å². The van der Waals surface area contributed by atoms with Gasteiger partial charge in [-0.25, -0.2) is 0 Å². The Labute approximate surface area is 111 Å². The van der Waals surface area contributed by atoms with Crippen LogP contribution in [0.5, 0.6) is 5.75 Å². The Morgan fingerprint density at radius 3 is 2.28 bits per heavy atom. The van der Waals surface area contributed by atoms with Crippen LogP contribution < -0.4 is 4.74 Å². The minimum Gasteiger partial charge on any atom is -0.497 e. The van der Waals surface area contributed by atoms with Crippen molar-refractivity contribution < 1.29 is 4.74 Å². The third-order valence-corrected chi connectivity index (χ3v) is 3.69. The fraction of sp³-hybridized carbons (Fsp3) is 0.133. The molecule has 0 saturated heterocycles. The molecular formula is C15H13NOS. The van der Waals surface area contributed by atoms with Gasteiger partial charge in [0, 0.05) is 4.90 Å². The van der Waals surface area contributed by atoms with Crippen LogP contribution in [0.1, 0.15) is 10.8 Å². The van der Waals surface area contributed by atoms with Crippen molar-refractivity contribution in [2.24, 2.45) is 0 Å². The average Bonchev–Trinajstić information content (AvgIpc) is 2.46. The number of benzene rings is 2. The van der Waals surface area contributed by atoms with Gasteiger partial charge < -0.3 is 4.74 Å². The first-order valence-corrected chi connectivity index (χ1v) is 6.46. The Morgan fingerprint density at radius 2 is 1.72 bits per heavy atom. The third kappa shape index (κ3) is 3.06. The summed E-state index contributed by atoms with van der Waals surface area (Å²) in [5.41, 5.74) is 0.993. The largest absolute Gasteiger partial charge is 0.497 e. The summed E-state index contributed by atoms with van der Waals surface area (Å²) in [4.78, 5) is 1.10. The first-order chi connectivity index (χ1) is 8.83. The fourth-order valence-corrected chi connectivity index (χ4v) is 2.52. The van der Waals surface area contributed by atoms with Crippen LogP contribution in [0.2, 0.25) is 0 Å². The molecule has 0 bridgehead atoms. The van der Waals surface area contributed by atoms with Gasteiger partial charge in [-0.1, -0.05) is 30.3 Å². The summed E-state index contributed by atoms with van der Waals surface area (Å²) >= 11 is 1.55. The van der Waals surface area contributed by atoms with Crippen LogP contribution in [0.4, 0.5) is 0 Å². The van der Waals surface area contributed by atoms with Crippen LogP contribution in [0.3, 0.4) is 0 Å². The second kappa shape index (κ2) is 6.13. The second-order valence-electron chi connectivity index (χ2n) is 3.71. The molecule has 2 nitrogen and oxygen atoms in total. The predicted molar refractivity (Wildman–Crippen MR) is 73.6 cm³/mol. The highest BCUT2D eigenvalue weighted by Crippen LogP contribution is 2.34. The molecule has 18 heavy (non-hydrogen) atoms. The highest BCUT2D eigenvalue weighted by molar-refractivity contribution is 7.99. The van der Waals surface area contributed by atoms with Gasteiger partial charge in [0.05, 0.1) is 13.2 Å². The van der Waals surface area contributed by atoms with E-state index in [1.54, 1.807) is 18.9 Å². The number of methoxy groups -OCH3 is 1. The van der Waals surface area contributed by atoms with Crippen LogP contribution in [0.15, 0.2) is 59.5 Å². The first-order valence-electron chi connectivity index (χ1n) is 5.59. The molecule has 0 fully saturated rings. The van der Waals surface area contributed by atoms with Crippen molar-refractivity contribution in [2.75, 3.05) is 7.11 Å². The van der Waals surface area contributed by atoms with E-state index in [1.807, 2.05) is 54.6 Å². The maximum Gasteiger partial charge on any atom is 0.121 e. The van der Waals surface area contributed by atoms with Crippen molar-refractivity contribution in [1.82, 2.24) is 0 Å². The standard InChI is InChI=1S/C15H13NOS/c1-17-13-9-7-12(8-10-13)15(11-16)18-14-5-3-2-4-6-14/h2-10,15H,1H3. The molecule has 2 aromatic carbocycles. The predicted octanol–water partition coefficient (Wildman–Crippen LogP) is 4.05. The minimum atomic E-state index is -0.196. The molecule has 2 aromatic rings. The van der Waals surface area contributed by atoms with Gasteiger partial charge in [0.25, 0.3) is 0 Å². The molecule has 0 N–H and O–H groups in total. The summed E-state index contributed by atoms with van der Waals surface area (Å²) in [5.74, 6) is 0.806. The van der Waals surface area contributed by atoms with Crippen LogP contribution in [0, 0.1) is 11.3 Å². The van der Waals surface area contributed by atoms with E-state index in [9.17, 15) is 5.26 Å². The summed E-state index contributed by atoms with van der Waals surface area (Å²) < 4.78 is 5.11. The van der Waals surface area contributed by atoms with Gasteiger partial charge in [0.2, 0.25) is 0 Å². The van der Waals surface area contributed by atoms with Crippen LogP contribution in [-0.4, -0.2) is 7.11 Å². The number of nitriles is 1. The van der Waals surface area contributed by atoms with Crippen LogP contribution in [-0.2, 0) is 0 Å². The van der Waals surface area contributed by atoms with Crippen molar-refractivity contribution >= 4 is 11.8 Å². The first kappa shape index (κ1) is 12.5. The number of thioether (sulfide) groups is 1. The maximum absolute atomic E-state index is 9.27. The molecule has 1 unspecified atom stereocenters. The van der Waals surface area contributed by atoms with E-state index in [1.165, 1.54) is 0 Å². The second-order valence-corrected chi connectivity index (χ2v) is 4.89. The molecule has 90 valence electrons. The van der Waals surface area contributed by atoms with Gasteiger partial charge in [0.15, 0.2) is 0 Å². The maximum atomic E-state index is 9.27. The Morgan fingerprint density at radius 1 is 1.06 bits per heavy atom. The molecule has 0 heterocycles. The van der Waals surface area contributed by atoms with E-state index in [2.05, 4.69) is 6.07 Å². The molecule has 0 aliphatic heterocycles. The van der Waals surface area contributed by atoms with Gasteiger partial charge >= 0.3 is 0 Å². The lowest BCUT2D eigenvalue weighted by Gasteiger charge is -2.09. The van der Waals surface area contributed by atoms with Crippen molar-refractivity contribution in [3.8, 4) is 11.8 Å².